The van der Waals surface area contributed by atoms with Gasteiger partial charge < -0.3 is 5.32 Å². The maximum atomic E-state index is 12.5. The average molecular weight is 303 g/mol. The Hall–Kier alpha value is -0.170. The molecule has 1 unspecified atom stereocenters. The second-order valence-corrected chi connectivity index (χ2v) is 8.01. The highest BCUT2D eigenvalue weighted by Crippen LogP contribution is 2.22. The fourth-order valence-corrected chi connectivity index (χ4v) is 5.38. The molecule has 0 spiro atoms. The molecule has 1 atom stereocenters. The van der Waals surface area contributed by atoms with Gasteiger partial charge >= 0.3 is 0 Å². The first kappa shape index (κ1) is 16.2. The Kier molecular flexibility index (Phi) is 5.84. The van der Waals surface area contributed by atoms with Gasteiger partial charge in [-0.3, -0.25) is 4.90 Å². The van der Waals surface area contributed by atoms with Gasteiger partial charge in [0.2, 0.25) is 10.0 Å². The van der Waals surface area contributed by atoms with Crippen LogP contribution < -0.4 is 5.32 Å². The topological polar surface area (TPSA) is 52.7 Å². The predicted octanol–water partition coefficient (Wildman–Crippen LogP) is 0.732. The van der Waals surface area contributed by atoms with E-state index < -0.39 is 10.0 Å². The van der Waals surface area contributed by atoms with Gasteiger partial charge in [0, 0.05) is 19.1 Å². The number of nitrogens with zero attached hydrogens (tertiary/aromatic N) is 2. The lowest BCUT2D eigenvalue weighted by atomic mass is 10.0. The summed E-state index contributed by atoms with van der Waals surface area (Å²) in [5, 5.41) is 3.29. The summed E-state index contributed by atoms with van der Waals surface area (Å²) in [6, 6.07) is 0.410. The lowest BCUT2D eigenvalue weighted by Gasteiger charge is -2.27. The maximum Gasteiger partial charge on any atom is 0.214 e. The standard InChI is InChI=1S/C14H29N3O2S/c1-3-16(4-2)14-7-10-17(11-14)20(18,19)12-13-5-8-15-9-6-13/h13-15H,3-12H2,1-2H3. The molecule has 0 radical (unpaired) electrons. The van der Waals surface area contributed by atoms with E-state index in [1.807, 2.05) is 0 Å². The van der Waals surface area contributed by atoms with Gasteiger partial charge in [-0.05, 0) is 51.4 Å². The third-order valence-corrected chi connectivity index (χ3v) is 6.76. The van der Waals surface area contributed by atoms with Crippen LogP contribution in [0.15, 0.2) is 0 Å². The van der Waals surface area contributed by atoms with Crippen LogP contribution in [0, 0.1) is 5.92 Å². The van der Waals surface area contributed by atoms with Crippen molar-refractivity contribution in [2.24, 2.45) is 5.92 Å². The SMILES string of the molecule is CCN(CC)C1CCN(S(=O)(=O)CC2CCNCC2)C1. The van der Waals surface area contributed by atoms with Gasteiger partial charge in [-0.15, -0.1) is 0 Å². The van der Waals surface area contributed by atoms with E-state index in [2.05, 4.69) is 24.1 Å². The minimum atomic E-state index is -3.06. The van der Waals surface area contributed by atoms with Gasteiger partial charge in [-0.25, -0.2) is 12.7 Å². The Bertz CT molecular complexity index is 389. The summed E-state index contributed by atoms with van der Waals surface area (Å²) in [5.74, 6) is 0.688. The molecule has 0 bridgehead atoms. The van der Waals surface area contributed by atoms with Crippen molar-refractivity contribution in [1.29, 1.82) is 0 Å². The van der Waals surface area contributed by atoms with E-state index in [1.165, 1.54) is 0 Å². The molecule has 0 aromatic rings. The van der Waals surface area contributed by atoms with Gasteiger partial charge in [-0.1, -0.05) is 13.8 Å². The smallest absolute Gasteiger partial charge is 0.214 e. The van der Waals surface area contributed by atoms with Crippen LogP contribution in [0.25, 0.3) is 0 Å². The molecule has 2 aliphatic rings. The first-order valence-corrected chi connectivity index (χ1v) is 9.60. The van der Waals surface area contributed by atoms with Gasteiger partial charge in [0.05, 0.1) is 5.75 Å². The highest BCUT2D eigenvalue weighted by atomic mass is 32.2. The number of hydrogen-bond acceptors (Lipinski definition) is 4. The van der Waals surface area contributed by atoms with E-state index in [0.29, 0.717) is 30.8 Å². The van der Waals surface area contributed by atoms with Crippen LogP contribution in [-0.2, 0) is 10.0 Å². The monoisotopic (exact) mass is 303 g/mol. The number of nitrogens with one attached hydrogen (secondary N) is 1. The Morgan fingerprint density at radius 3 is 2.40 bits per heavy atom. The Morgan fingerprint density at radius 2 is 1.80 bits per heavy atom. The molecule has 0 saturated carbocycles. The zero-order chi connectivity index (χ0) is 14.6. The second-order valence-electron chi connectivity index (χ2n) is 5.99. The highest BCUT2D eigenvalue weighted by Gasteiger charge is 2.34. The molecule has 2 rings (SSSR count). The molecule has 0 aromatic carbocycles. The summed E-state index contributed by atoms with van der Waals surface area (Å²) in [7, 11) is -3.06. The fourth-order valence-electron chi connectivity index (χ4n) is 3.45. The van der Waals surface area contributed by atoms with Crippen LogP contribution in [0.5, 0.6) is 0 Å². The van der Waals surface area contributed by atoms with Crippen LogP contribution in [0.2, 0.25) is 0 Å². The molecule has 118 valence electrons. The average Bonchev–Trinajstić information content (AvgIpc) is 2.91. The predicted molar refractivity (Wildman–Crippen MR) is 82.3 cm³/mol. The first-order chi connectivity index (χ1) is 9.56. The van der Waals surface area contributed by atoms with Crippen molar-refractivity contribution in [2.75, 3.05) is 45.0 Å². The lowest BCUT2D eigenvalue weighted by Crippen LogP contribution is -2.40. The normalized spacial score (nSPS) is 26.4. The van der Waals surface area contributed by atoms with Crippen molar-refractivity contribution < 1.29 is 8.42 Å². The fraction of sp³-hybridized carbons (Fsp3) is 1.00. The van der Waals surface area contributed by atoms with Gasteiger partial charge in [0.15, 0.2) is 0 Å². The van der Waals surface area contributed by atoms with Crippen molar-refractivity contribution in [2.45, 2.75) is 39.2 Å². The molecular weight excluding hydrogens is 274 g/mol. The van der Waals surface area contributed by atoms with Crippen LogP contribution in [0.3, 0.4) is 0 Å². The summed E-state index contributed by atoms with van der Waals surface area (Å²) < 4.78 is 26.8. The zero-order valence-electron chi connectivity index (χ0n) is 12.8. The molecule has 0 aromatic heterocycles. The van der Waals surface area contributed by atoms with Crippen molar-refractivity contribution in [3.05, 3.63) is 0 Å². The summed E-state index contributed by atoms with van der Waals surface area (Å²) in [5.41, 5.74) is 0. The Balaban J connectivity index is 1.90. The number of sulfonamides is 1. The van der Waals surface area contributed by atoms with E-state index in [4.69, 9.17) is 0 Å². The molecular formula is C14H29N3O2S. The van der Waals surface area contributed by atoms with Gasteiger partial charge in [0.25, 0.3) is 0 Å². The van der Waals surface area contributed by atoms with Gasteiger partial charge in [0.1, 0.15) is 0 Å². The Morgan fingerprint density at radius 1 is 1.15 bits per heavy atom. The van der Waals surface area contributed by atoms with E-state index in [9.17, 15) is 8.42 Å². The van der Waals surface area contributed by atoms with Crippen LogP contribution in [-0.4, -0.2) is 68.7 Å². The van der Waals surface area contributed by atoms with Crippen molar-refractivity contribution in [3.8, 4) is 0 Å². The highest BCUT2D eigenvalue weighted by molar-refractivity contribution is 7.89. The Labute approximate surface area is 123 Å². The largest absolute Gasteiger partial charge is 0.317 e. The summed E-state index contributed by atoms with van der Waals surface area (Å²) in [6.07, 6.45) is 2.96. The van der Waals surface area contributed by atoms with Crippen molar-refractivity contribution in [1.82, 2.24) is 14.5 Å². The van der Waals surface area contributed by atoms with E-state index in [1.54, 1.807) is 4.31 Å². The maximum absolute atomic E-state index is 12.5. The van der Waals surface area contributed by atoms with Crippen molar-refractivity contribution >= 4 is 10.0 Å². The third-order valence-electron chi connectivity index (χ3n) is 4.75. The van der Waals surface area contributed by atoms with Gasteiger partial charge in [-0.2, -0.15) is 0 Å². The first-order valence-electron chi connectivity index (χ1n) is 7.99. The number of hydrogen-bond donors (Lipinski definition) is 1. The molecule has 0 amide bonds. The lowest BCUT2D eigenvalue weighted by molar-refractivity contribution is 0.224. The number of rotatable bonds is 6. The molecule has 2 aliphatic heterocycles. The third kappa shape index (κ3) is 3.93. The van der Waals surface area contributed by atoms with Crippen LogP contribution in [0.4, 0.5) is 0 Å². The molecule has 2 heterocycles. The van der Waals surface area contributed by atoms with E-state index in [-0.39, 0.29) is 0 Å². The molecule has 1 N–H and O–H groups in total. The molecule has 6 heteroatoms. The minimum Gasteiger partial charge on any atom is -0.317 e. The quantitative estimate of drug-likeness (QED) is 0.786. The van der Waals surface area contributed by atoms with Crippen molar-refractivity contribution in [3.63, 3.8) is 0 Å². The molecule has 20 heavy (non-hydrogen) atoms. The van der Waals surface area contributed by atoms with Crippen LogP contribution >= 0.6 is 0 Å². The molecule has 5 nitrogen and oxygen atoms in total. The molecule has 2 fully saturated rings. The summed E-state index contributed by atoms with van der Waals surface area (Å²) >= 11 is 0. The second kappa shape index (κ2) is 7.20. The number of piperidine rings is 1. The minimum absolute atomic E-state index is 0.341. The van der Waals surface area contributed by atoms with E-state index >= 15 is 0 Å². The van der Waals surface area contributed by atoms with E-state index in [0.717, 1.165) is 45.4 Å². The molecule has 0 aliphatic carbocycles. The zero-order valence-corrected chi connectivity index (χ0v) is 13.7. The van der Waals surface area contributed by atoms with Crippen LogP contribution in [0.1, 0.15) is 33.1 Å². The number of likely N-dealkylation sites (N-methyl/N-ethyl adjacent to an activating group) is 1. The summed E-state index contributed by atoms with van der Waals surface area (Å²) in [6.45, 7) is 9.62. The molecule has 2 saturated heterocycles. The summed E-state index contributed by atoms with van der Waals surface area (Å²) in [4.78, 5) is 2.38.